The Hall–Kier alpha value is -3.35. The van der Waals surface area contributed by atoms with Crippen molar-refractivity contribution < 1.29 is 19.1 Å². The fourth-order valence-corrected chi connectivity index (χ4v) is 3.42. The summed E-state index contributed by atoms with van der Waals surface area (Å²) in [4.78, 5) is 38.8. The van der Waals surface area contributed by atoms with Crippen molar-refractivity contribution in [3.8, 4) is 5.75 Å². The Labute approximate surface area is 175 Å². The maximum Gasteiger partial charge on any atom is 0.227 e. The number of para-hydroxylation sites is 2. The summed E-state index contributed by atoms with van der Waals surface area (Å²) in [5, 5.41) is 5.74. The van der Waals surface area contributed by atoms with Gasteiger partial charge in [0.15, 0.2) is 0 Å². The number of hydrogen-bond acceptors (Lipinski definition) is 4. The zero-order valence-corrected chi connectivity index (χ0v) is 16.9. The molecule has 156 valence electrons. The molecule has 3 amide bonds. The highest BCUT2D eigenvalue weighted by Gasteiger charge is 2.29. The van der Waals surface area contributed by atoms with Gasteiger partial charge in [-0.15, -0.1) is 0 Å². The Balaban J connectivity index is 1.34. The van der Waals surface area contributed by atoms with Gasteiger partial charge in [-0.05, 0) is 49.6 Å². The van der Waals surface area contributed by atoms with Crippen LogP contribution in [-0.2, 0) is 14.4 Å². The van der Waals surface area contributed by atoms with Crippen molar-refractivity contribution in [2.45, 2.75) is 32.6 Å². The number of benzene rings is 2. The minimum atomic E-state index is -0.237. The molecule has 0 aromatic heterocycles. The number of rotatable bonds is 6. The molecule has 2 aromatic rings. The zero-order chi connectivity index (χ0) is 21.1. The predicted molar refractivity (Wildman–Crippen MR) is 115 cm³/mol. The predicted octanol–water partition coefficient (Wildman–Crippen LogP) is 3.49. The van der Waals surface area contributed by atoms with E-state index < -0.39 is 0 Å². The van der Waals surface area contributed by atoms with E-state index in [2.05, 4.69) is 10.6 Å². The van der Waals surface area contributed by atoms with Crippen LogP contribution in [0, 0.1) is 12.8 Å². The van der Waals surface area contributed by atoms with Gasteiger partial charge >= 0.3 is 0 Å². The van der Waals surface area contributed by atoms with Gasteiger partial charge in [-0.2, -0.15) is 0 Å². The van der Waals surface area contributed by atoms with Crippen LogP contribution < -0.4 is 20.3 Å². The summed E-state index contributed by atoms with van der Waals surface area (Å²) in [7, 11) is 0. The lowest BCUT2D eigenvalue weighted by atomic mass is 10.1. The largest absolute Gasteiger partial charge is 0.490 e. The number of aryl methyl sites for hydroxylation is 1. The average molecular weight is 407 g/mol. The van der Waals surface area contributed by atoms with Crippen LogP contribution in [0.1, 0.15) is 31.2 Å². The minimum Gasteiger partial charge on any atom is -0.490 e. The second kappa shape index (κ2) is 8.57. The van der Waals surface area contributed by atoms with Crippen molar-refractivity contribution in [3.05, 3.63) is 48.0 Å². The smallest absolute Gasteiger partial charge is 0.227 e. The first-order valence-corrected chi connectivity index (χ1v) is 10.2. The molecule has 1 heterocycles. The number of carbonyl (C=O) groups is 3. The summed E-state index contributed by atoms with van der Waals surface area (Å²) >= 11 is 0. The summed E-state index contributed by atoms with van der Waals surface area (Å²) in [6.45, 7) is 2.80. The minimum absolute atomic E-state index is 0.0209. The third kappa shape index (κ3) is 4.62. The second-order valence-corrected chi connectivity index (χ2v) is 7.70. The summed E-state index contributed by atoms with van der Waals surface area (Å²) in [5.41, 5.74) is 2.93. The van der Waals surface area contributed by atoms with E-state index >= 15 is 0 Å². The van der Waals surface area contributed by atoms with Crippen molar-refractivity contribution in [2.75, 3.05) is 28.7 Å². The SMILES string of the molecule is Cc1ccc(NC(=O)C2CC2)cc1NC(=O)CCC(=O)N1CCOc2ccccc21. The van der Waals surface area contributed by atoms with Gasteiger partial charge in [-0.1, -0.05) is 18.2 Å². The Morgan fingerprint density at radius 1 is 1.07 bits per heavy atom. The van der Waals surface area contributed by atoms with E-state index in [-0.39, 0.29) is 36.5 Å². The van der Waals surface area contributed by atoms with Crippen molar-refractivity contribution in [3.63, 3.8) is 0 Å². The van der Waals surface area contributed by atoms with E-state index in [1.807, 2.05) is 43.3 Å². The van der Waals surface area contributed by atoms with E-state index in [1.54, 1.807) is 11.0 Å². The number of anilines is 3. The molecule has 4 rings (SSSR count). The summed E-state index contributed by atoms with van der Waals surface area (Å²) < 4.78 is 5.58. The van der Waals surface area contributed by atoms with Crippen LogP contribution >= 0.6 is 0 Å². The Bertz CT molecular complexity index is 984. The molecule has 0 radical (unpaired) electrons. The van der Waals surface area contributed by atoms with Gasteiger partial charge in [0.05, 0.1) is 12.2 Å². The number of hydrogen-bond donors (Lipinski definition) is 2. The molecule has 2 aliphatic rings. The van der Waals surface area contributed by atoms with Gasteiger partial charge in [0, 0.05) is 30.1 Å². The number of amides is 3. The molecule has 1 aliphatic heterocycles. The number of fused-ring (bicyclic) bond motifs is 1. The van der Waals surface area contributed by atoms with Gasteiger partial charge in [0.2, 0.25) is 17.7 Å². The van der Waals surface area contributed by atoms with Gasteiger partial charge in [-0.25, -0.2) is 0 Å². The molecule has 7 heteroatoms. The Morgan fingerprint density at radius 3 is 2.67 bits per heavy atom. The lowest BCUT2D eigenvalue weighted by Gasteiger charge is -2.29. The van der Waals surface area contributed by atoms with Crippen LogP contribution in [0.15, 0.2) is 42.5 Å². The van der Waals surface area contributed by atoms with E-state index in [1.165, 1.54) is 0 Å². The third-order valence-electron chi connectivity index (χ3n) is 5.32. The molecule has 1 fully saturated rings. The van der Waals surface area contributed by atoms with Gasteiger partial charge in [0.25, 0.3) is 0 Å². The molecule has 7 nitrogen and oxygen atoms in total. The fraction of sp³-hybridized carbons (Fsp3) is 0.348. The molecule has 0 saturated heterocycles. The summed E-state index contributed by atoms with van der Waals surface area (Å²) in [6.07, 6.45) is 2.06. The lowest BCUT2D eigenvalue weighted by Crippen LogP contribution is -2.38. The quantitative estimate of drug-likeness (QED) is 0.767. The first-order valence-electron chi connectivity index (χ1n) is 10.2. The van der Waals surface area contributed by atoms with Crippen molar-refractivity contribution in [2.24, 2.45) is 5.92 Å². The van der Waals surface area contributed by atoms with Crippen molar-refractivity contribution in [1.29, 1.82) is 0 Å². The summed E-state index contributed by atoms with van der Waals surface area (Å²) in [5.74, 6) is 0.470. The zero-order valence-electron chi connectivity index (χ0n) is 16.9. The van der Waals surface area contributed by atoms with Crippen LogP contribution in [0.4, 0.5) is 17.1 Å². The average Bonchev–Trinajstić information content (AvgIpc) is 3.59. The molecule has 2 aromatic carbocycles. The lowest BCUT2D eigenvalue weighted by molar-refractivity contribution is -0.122. The fourth-order valence-electron chi connectivity index (χ4n) is 3.42. The molecule has 0 atom stereocenters. The van der Waals surface area contributed by atoms with Crippen molar-refractivity contribution in [1.82, 2.24) is 0 Å². The number of carbonyl (C=O) groups excluding carboxylic acids is 3. The van der Waals surface area contributed by atoms with E-state index in [0.717, 1.165) is 24.1 Å². The van der Waals surface area contributed by atoms with Crippen LogP contribution in [0.5, 0.6) is 5.75 Å². The molecule has 2 N–H and O–H groups in total. The van der Waals surface area contributed by atoms with Crippen LogP contribution in [0.25, 0.3) is 0 Å². The third-order valence-corrected chi connectivity index (χ3v) is 5.32. The molecule has 0 unspecified atom stereocenters. The number of nitrogens with zero attached hydrogens (tertiary/aromatic N) is 1. The molecule has 30 heavy (non-hydrogen) atoms. The number of nitrogens with one attached hydrogen (secondary N) is 2. The van der Waals surface area contributed by atoms with Gasteiger partial charge < -0.3 is 20.3 Å². The van der Waals surface area contributed by atoms with Crippen LogP contribution in [0.2, 0.25) is 0 Å². The van der Waals surface area contributed by atoms with Gasteiger partial charge in [0.1, 0.15) is 12.4 Å². The van der Waals surface area contributed by atoms with Crippen LogP contribution in [0.3, 0.4) is 0 Å². The van der Waals surface area contributed by atoms with Crippen LogP contribution in [-0.4, -0.2) is 30.9 Å². The Kier molecular flexibility index (Phi) is 5.70. The van der Waals surface area contributed by atoms with E-state index in [4.69, 9.17) is 4.74 Å². The maximum atomic E-state index is 12.7. The monoisotopic (exact) mass is 407 g/mol. The molecule has 0 spiro atoms. The molecular weight excluding hydrogens is 382 g/mol. The normalized spacial score (nSPS) is 15.0. The second-order valence-electron chi connectivity index (χ2n) is 7.70. The highest BCUT2D eigenvalue weighted by atomic mass is 16.5. The first kappa shape index (κ1) is 19.9. The van der Waals surface area contributed by atoms with Gasteiger partial charge in [-0.3, -0.25) is 14.4 Å². The standard InChI is InChI=1S/C23H25N3O4/c1-15-6-9-17(24-23(29)16-7-8-16)14-18(15)25-21(27)10-11-22(28)26-12-13-30-20-5-3-2-4-19(20)26/h2-6,9,14,16H,7-8,10-13H2,1H3,(H,24,29)(H,25,27). The molecule has 1 saturated carbocycles. The molecule has 1 aliphatic carbocycles. The highest BCUT2D eigenvalue weighted by Crippen LogP contribution is 2.32. The summed E-state index contributed by atoms with van der Waals surface area (Å²) in [6, 6.07) is 12.8. The van der Waals surface area contributed by atoms with E-state index in [9.17, 15) is 14.4 Å². The maximum absolute atomic E-state index is 12.7. The Morgan fingerprint density at radius 2 is 1.87 bits per heavy atom. The highest BCUT2D eigenvalue weighted by molar-refractivity contribution is 6.00. The topological polar surface area (TPSA) is 87.7 Å². The molecular formula is C23H25N3O4. The molecule has 0 bridgehead atoms. The number of ether oxygens (including phenoxy) is 1. The first-order chi connectivity index (χ1) is 14.5. The van der Waals surface area contributed by atoms with E-state index in [0.29, 0.717) is 30.3 Å². The van der Waals surface area contributed by atoms with Crippen molar-refractivity contribution >= 4 is 34.8 Å².